The second kappa shape index (κ2) is 11.3. The fourth-order valence-corrected chi connectivity index (χ4v) is 5.94. The van der Waals surface area contributed by atoms with Gasteiger partial charge in [0.1, 0.15) is 11.5 Å². The number of thioether (sulfide) groups is 1. The van der Waals surface area contributed by atoms with E-state index < -0.39 is 23.5 Å². The third-order valence-corrected chi connectivity index (χ3v) is 8.00. The summed E-state index contributed by atoms with van der Waals surface area (Å²) in [5.41, 5.74) is -2.76. The lowest BCUT2D eigenvalue weighted by atomic mass is 9.84. The molecule has 1 N–H and O–H groups in total. The third kappa shape index (κ3) is 6.98. The average Bonchev–Trinajstić information content (AvgIpc) is 3.50. The minimum atomic E-state index is -4.94. The van der Waals surface area contributed by atoms with E-state index in [1.165, 1.54) is 6.42 Å². The van der Waals surface area contributed by atoms with Crippen LogP contribution in [-0.2, 0) is 30.1 Å². The third-order valence-electron chi connectivity index (χ3n) is 6.75. The minimum Gasteiger partial charge on any atom is -0.441 e. The van der Waals surface area contributed by atoms with E-state index in [0.717, 1.165) is 44.4 Å². The number of nitrogens with zero attached hydrogens (tertiary/aromatic N) is 1. The molecule has 0 spiro atoms. The van der Waals surface area contributed by atoms with Crippen molar-refractivity contribution in [3.8, 4) is 11.5 Å². The first-order valence-electron chi connectivity index (χ1n) is 12.3. The summed E-state index contributed by atoms with van der Waals surface area (Å²) in [4.78, 5) is 4.25. The zero-order chi connectivity index (χ0) is 25.9. The van der Waals surface area contributed by atoms with E-state index in [1.54, 1.807) is 6.92 Å². The standard InChI is InChI=1S/C25H30F6N2O2S/c1-2-21-20(14-34-19-5-3-4-15(10-19)6-7-22-32-8-9-36-22)33-23(35-21)16-11-17(24(26,27)28)13-18(12-16)25(29,30)31/h11-13,15,19,22,32H,2-10,14H2,1H3/t15-,19-,22?/m1/s1. The molecule has 1 aliphatic heterocycles. The molecule has 0 radical (unpaired) electrons. The fourth-order valence-electron chi connectivity index (χ4n) is 4.88. The molecular weight excluding hydrogens is 506 g/mol. The first-order chi connectivity index (χ1) is 17.0. The highest BCUT2D eigenvalue weighted by molar-refractivity contribution is 8.00. The van der Waals surface area contributed by atoms with Crippen LogP contribution in [0.25, 0.3) is 11.5 Å². The van der Waals surface area contributed by atoms with Gasteiger partial charge in [-0.25, -0.2) is 4.98 Å². The van der Waals surface area contributed by atoms with Crippen LogP contribution in [0.4, 0.5) is 26.3 Å². The second-order valence-electron chi connectivity index (χ2n) is 9.39. The van der Waals surface area contributed by atoms with Gasteiger partial charge >= 0.3 is 12.4 Å². The van der Waals surface area contributed by atoms with Crippen molar-refractivity contribution in [1.29, 1.82) is 0 Å². The quantitative estimate of drug-likeness (QED) is 0.355. The first-order valence-corrected chi connectivity index (χ1v) is 13.3. The van der Waals surface area contributed by atoms with E-state index >= 15 is 0 Å². The molecular formula is C25H30F6N2O2S. The number of rotatable bonds is 8. The lowest BCUT2D eigenvalue weighted by Crippen LogP contribution is -2.25. The van der Waals surface area contributed by atoms with Gasteiger partial charge in [0.15, 0.2) is 0 Å². The molecule has 11 heteroatoms. The van der Waals surface area contributed by atoms with Crippen molar-refractivity contribution in [3.63, 3.8) is 0 Å². The Morgan fingerprint density at radius 3 is 2.39 bits per heavy atom. The first kappa shape index (κ1) is 27.3. The molecule has 0 amide bonds. The van der Waals surface area contributed by atoms with Gasteiger partial charge in [-0.2, -0.15) is 26.3 Å². The molecule has 200 valence electrons. The van der Waals surface area contributed by atoms with E-state index in [2.05, 4.69) is 10.3 Å². The number of halogens is 6. The fraction of sp³-hybridized carbons (Fsp3) is 0.640. The molecule has 2 fully saturated rings. The summed E-state index contributed by atoms with van der Waals surface area (Å²) in [6.45, 7) is 2.95. The van der Waals surface area contributed by atoms with Crippen molar-refractivity contribution in [2.45, 2.75) is 82.3 Å². The van der Waals surface area contributed by atoms with Gasteiger partial charge in [-0.1, -0.05) is 19.8 Å². The molecule has 0 bridgehead atoms. The van der Waals surface area contributed by atoms with Crippen LogP contribution in [-0.4, -0.2) is 28.8 Å². The van der Waals surface area contributed by atoms with Crippen molar-refractivity contribution in [2.75, 3.05) is 12.3 Å². The van der Waals surface area contributed by atoms with Crippen LogP contribution in [0, 0.1) is 5.92 Å². The maximum absolute atomic E-state index is 13.3. The van der Waals surface area contributed by atoms with E-state index in [-0.39, 0.29) is 30.2 Å². The molecule has 1 aromatic heterocycles. The Labute approximate surface area is 210 Å². The Hall–Kier alpha value is -1.72. The van der Waals surface area contributed by atoms with Crippen molar-refractivity contribution in [1.82, 2.24) is 10.3 Å². The second-order valence-corrected chi connectivity index (χ2v) is 10.7. The lowest BCUT2D eigenvalue weighted by Gasteiger charge is -2.29. The molecule has 1 saturated carbocycles. The Bertz CT molecular complexity index is 985. The summed E-state index contributed by atoms with van der Waals surface area (Å²) >= 11 is 1.96. The van der Waals surface area contributed by atoms with Gasteiger partial charge in [-0.05, 0) is 49.8 Å². The highest BCUT2D eigenvalue weighted by atomic mass is 32.2. The molecule has 4 nitrogen and oxygen atoms in total. The van der Waals surface area contributed by atoms with Crippen molar-refractivity contribution < 1.29 is 35.5 Å². The number of hydrogen-bond acceptors (Lipinski definition) is 5. The smallest absolute Gasteiger partial charge is 0.416 e. The minimum absolute atomic E-state index is 0.0446. The maximum Gasteiger partial charge on any atom is 0.416 e. The van der Waals surface area contributed by atoms with Gasteiger partial charge in [0.05, 0.1) is 29.2 Å². The van der Waals surface area contributed by atoms with Crippen LogP contribution in [0.5, 0.6) is 0 Å². The summed E-state index contributed by atoms with van der Waals surface area (Å²) in [5, 5.41) is 4.02. The van der Waals surface area contributed by atoms with Gasteiger partial charge in [0, 0.05) is 24.3 Å². The number of hydrogen-bond donors (Lipinski definition) is 1. The van der Waals surface area contributed by atoms with Crippen molar-refractivity contribution >= 4 is 11.8 Å². The highest BCUT2D eigenvalue weighted by Gasteiger charge is 2.37. The molecule has 2 aromatic rings. The van der Waals surface area contributed by atoms with Gasteiger partial charge in [-0.15, -0.1) is 11.8 Å². The molecule has 2 heterocycles. The Morgan fingerprint density at radius 2 is 1.78 bits per heavy atom. The van der Waals surface area contributed by atoms with E-state index in [0.29, 0.717) is 41.3 Å². The number of aromatic nitrogens is 1. The van der Waals surface area contributed by atoms with Crippen molar-refractivity contribution in [3.05, 3.63) is 40.8 Å². The van der Waals surface area contributed by atoms with Crippen LogP contribution >= 0.6 is 11.8 Å². The van der Waals surface area contributed by atoms with Crippen LogP contribution in [0.1, 0.15) is 68.0 Å². The molecule has 2 aliphatic rings. The van der Waals surface area contributed by atoms with E-state index in [4.69, 9.17) is 9.15 Å². The summed E-state index contributed by atoms with van der Waals surface area (Å²) in [6, 6.07) is 1.36. The Morgan fingerprint density at radius 1 is 1.06 bits per heavy atom. The van der Waals surface area contributed by atoms with E-state index in [1.807, 2.05) is 11.8 Å². The molecule has 4 rings (SSSR count). The van der Waals surface area contributed by atoms with Crippen LogP contribution in [0.3, 0.4) is 0 Å². The van der Waals surface area contributed by atoms with Gasteiger partial charge in [0.25, 0.3) is 0 Å². The molecule has 36 heavy (non-hydrogen) atoms. The monoisotopic (exact) mass is 536 g/mol. The number of nitrogens with one attached hydrogen (secondary N) is 1. The molecule has 1 aromatic carbocycles. The summed E-state index contributed by atoms with van der Waals surface area (Å²) in [7, 11) is 0. The summed E-state index contributed by atoms with van der Waals surface area (Å²) in [6.07, 6.45) is -3.09. The SMILES string of the molecule is CCc1oc(-c2cc(C(F)(F)F)cc(C(F)(F)F)c2)nc1CO[C@@H]1CCC[C@H](CCC2NCCS2)C1. The topological polar surface area (TPSA) is 47.3 Å². The van der Waals surface area contributed by atoms with Gasteiger partial charge in [0.2, 0.25) is 5.89 Å². The lowest BCUT2D eigenvalue weighted by molar-refractivity contribution is -0.143. The zero-order valence-electron chi connectivity index (χ0n) is 20.0. The number of aryl methyl sites for hydroxylation is 1. The Kier molecular flexibility index (Phi) is 8.61. The molecule has 1 saturated heterocycles. The molecule has 3 atom stereocenters. The maximum atomic E-state index is 13.3. The van der Waals surface area contributed by atoms with E-state index in [9.17, 15) is 26.3 Å². The highest BCUT2D eigenvalue weighted by Crippen LogP contribution is 2.39. The van der Waals surface area contributed by atoms with Gasteiger partial charge in [-0.3, -0.25) is 0 Å². The summed E-state index contributed by atoms with van der Waals surface area (Å²) in [5.74, 6) is 1.85. The van der Waals surface area contributed by atoms with Crippen LogP contribution in [0.15, 0.2) is 22.6 Å². The number of oxazole rings is 1. The molecule has 1 aliphatic carbocycles. The zero-order valence-corrected chi connectivity index (χ0v) is 20.8. The van der Waals surface area contributed by atoms with Gasteiger partial charge < -0.3 is 14.5 Å². The average molecular weight is 537 g/mol. The number of alkyl halides is 6. The normalized spacial score (nSPS) is 23.4. The predicted molar refractivity (Wildman–Crippen MR) is 125 cm³/mol. The predicted octanol–water partition coefficient (Wildman–Crippen LogP) is 7.46. The molecule has 1 unspecified atom stereocenters. The van der Waals surface area contributed by atoms with Crippen LogP contribution < -0.4 is 5.32 Å². The Balaban J connectivity index is 1.45. The van der Waals surface area contributed by atoms with Crippen molar-refractivity contribution in [2.24, 2.45) is 5.92 Å². The largest absolute Gasteiger partial charge is 0.441 e. The number of benzene rings is 1. The van der Waals surface area contributed by atoms with Crippen LogP contribution in [0.2, 0.25) is 0 Å². The number of ether oxygens (including phenoxy) is 1. The summed E-state index contributed by atoms with van der Waals surface area (Å²) < 4.78 is 91.3.